The van der Waals surface area contributed by atoms with E-state index in [1.54, 1.807) is 0 Å². The van der Waals surface area contributed by atoms with Gasteiger partial charge in [0.25, 0.3) is 0 Å². The smallest absolute Gasteiger partial charge is 0.0413 e. The fourth-order valence-corrected chi connectivity index (χ4v) is 2.82. The first-order valence-corrected chi connectivity index (χ1v) is 6.86. The molecule has 0 saturated carbocycles. The summed E-state index contributed by atoms with van der Waals surface area (Å²) < 4.78 is 0. The van der Waals surface area contributed by atoms with E-state index in [0.29, 0.717) is 18.6 Å². The predicted molar refractivity (Wildman–Crippen MR) is 78.2 cm³/mol. The lowest BCUT2D eigenvalue weighted by atomic mass is 10.1. The summed E-state index contributed by atoms with van der Waals surface area (Å²) in [5.41, 5.74) is 8.19. The van der Waals surface area contributed by atoms with E-state index >= 15 is 0 Å². The summed E-state index contributed by atoms with van der Waals surface area (Å²) in [6.07, 6.45) is 0. The van der Waals surface area contributed by atoms with Gasteiger partial charge in [0.1, 0.15) is 0 Å². The molecule has 1 heterocycles. The molecule has 1 aromatic carbocycles. The van der Waals surface area contributed by atoms with E-state index in [1.165, 1.54) is 5.69 Å². The van der Waals surface area contributed by atoms with Gasteiger partial charge in [-0.15, -0.1) is 0 Å². The van der Waals surface area contributed by atoms with Crippen LogP contribution in [0.2, 0.25) is 5.02 Å². The molecule has 0 spiro atoms. The molecular formula is C14H22ClN3. The molecular weight excluding hydrogens is 246 g/mol. The lowest BCUT2D eigenvalue weighted by Gasteiger charge is -2.44. The fraction of sp³-hybridized carbons (Fsp3) is 0.571. The molecule has 2 atom stereocenters. The van der Waals surface area contributed by atoms with Crippen LogP contribution in [0.5, 0.6) is 0 Å². The first-order chi connectivity index (χ1) is 8.52. The Bertz CT molecular complexity index is 410. The van der Waals surface area contributed by atoms with Crippen LogP contribution in [0.4, 0.5) is 5.69 Å². The Kier molecular flexibility index (Phi) is 4.15. The standard InChI is InChI=1S/C14H22ClN3/c1-10-8-18(9-11(2)17(10)3)14-5-4-13(15)6-12(14)7-16/h4-6,10-11H,7-9,16H2,1-3H3. The monoisotopic (exact) mass is 267 g/mol. The summed E-state index contributed by atoms with van der Waals surface area (Å²) >= 11 is 6.03. The minimum atomic E-state index is 0.533. The largest absolute Gasteiger partial charge is 0.368 e. The third kappa shape index (κ3) is 2.63. The van der Waals surface area contributed by atoms with Crippen molar-refractivity contribution in [3.8, 4) is 0 Å². The summed E-state index contributed by atoms with van der Waals surface area (Å²) in [5.74, 6) is 0. The summed E-state index contributed by atoms with van der Waals surface area (Å²) in [6, 6.07) is 7.12. The van der Waals surface area contributed by atoms with Crippen molar-refractivity contribution in [2.45, 2.75) is 32.5 Å². The molecule has 1 aliphatic heterocycles. The number of benzene rings is 1. The van der Waals surface area contributed by atoms with E-state index in [2.05, 4.69) is 36.8 Å². The van der Waals surface area contributed by atoms with Crippen LogP contribution >= 0.6 is 11.6 Å². The summed E-state index contributed by atoms with van der Waals surface area (Å²) in [5, 5.41) is 0.759. The van der Waals surface area contributed by atoms with E-state index in [9.17, 15) is 0 Å². The fourth-order valence-electron chi connectivity index (χ4n) is 2.63. The maximum atomic E-state index is 6.03. The van der Waals surface area contributed by atoms with Gasteiger partial charge >= 0.3 is 0 Å². The SMILES string of the molecule is CC1CN(c2ccc(Cl)cc2CN)CC(C)N1C. The third-order valence-corrected chi connectivity index (χ3v) is 4.20. The van der Waals surface area contributed by atoms with Crippen LogP contribution in [0.3, 0.4) is 0 Å². The lowest BCUT2D eigenvalue weighted by Crippen LogP contribution is -2.55. The Labute approximate surface area is 115 Å². The van der Waals surface area contributed by atoms with Crippen LogP contribution in [0.1, 0.15) is 19.4 Å². The zero-order valence-electron chi connectivity index (χ0n) is 11.4. The van der Waals surface area contributed by atoms with Crippen molar-refractivity contribution in [2.24, 2.45) is 5.73 Å². The van der Waals surface area contributed by atoms with Crippen molar-refractivity contribution >= 4 is 17.3 Å². The average molecular weight is 268 g/mol. The molecule has 2 rings (SSSR count). The number of hydrogen-bond donors (Lipinski definition) is 1. The van der Waals surface area contributed by atoms with Crippen molar-refractivity contribution < 1.29 is 0 Å². The van der Waals surface area contributed by atoms with Gasteiger partial charge in [-0.3, -0.25) is 4.90 Å². The average Bonchev–Trinajstić information content (AvgIpc) is 2.35. The number of likely N-dealkylation sites (N-methyl/N-ethyl adjacent to an activating group) is 1. The van der Waals surface area contributed by atoms with Gasteiger partial charge in [-0.2, -0.15) is 0 Å². The van der Waals surface area contributed by atoms with Crippen molar-refractivity contribution in [1.29, 1.82) is 0 Å². The van der Waals surface area contributed by atoms with Crippen LogP contribution in [0, 0.1) is 0 Å². The first kappa shape index (κ1) is 13.7. The van der Waals surface area contributed by atoms with Crippen LogP contribution in [0.25, 0.3) is 0 Å². The Balaban J connectivity index is 2.26. The van der Waals surface area contributed by atoms with Gasteiger partial charge in [0.05, 0.1) is 0 Å². The van der Waals surface area contributed by atoms with Gasteiger partial charge < -0.3 is 10.6 Å². The van der Waals surface area contributed by atoms with Crippen LogP contribution in [-0.4, -0.2) is 37.1 Å². The number of halogens is 1. The number of rotatable bonds is 2. The maximum absolute atomic E-state index is 6.03. The quantitative estimate of drug-likeness (QED) is 0.893. The molecule has 2 N–H and O–H groups in total. The maximum Gasteiger partial charge on any atom is 0.0413 e. The highest BCUT2D eigenvalue weighted by Gasteiger charge is 2.27. The van der Waals surface area contributed by atoms with Crippen LogP contribution in [-0.2, 0) is 6.54 Å². The lowest BCUT2D eigenvalue weighted by molar-refractivity contribution is 0.170. The second-order valence-corrected chi connectivity index (χ2v) is 5.68. The van der Waals surface area contributed by atoms with Crippen molar-refractivity contribution in [1.82, 2.24) is 4.90 Å². The van der Waals surface area contributed by atoms with Crippen LogP contribution in [0.15, 0.2) is 18.2 Å². The topological polar surface area (TPSA) is 32.5 Å². The predicted octanol–water partition coefficient (Wildman–Crippen LogP) is 2.33. The normalized spacial score (nSPS) is 25.5. The molecule has 4 heteroatoms. The van der Waals surface area contributed by atoms with Gasteiger partial charge in [0, 0.05) is 42.4 Å². The second-order valence-electron chi connectivity index (χ2n) is 5.25. The molecule has 0 radical (unpaired) electrons. The number of nitrogens with two attached hydrogens (primary N) is 1. The van der Waals surface area contributed by atoms with Crippen LogP contribution < -0.4 is 10.6 Å². The first-order valence-electron chi connectivity index (χ1n) is 6.48. The Hall–Kier alpha value is -0.770. The minimum Gasteiger partial charge on any atom is -0.368 e. The third-order valence-electron chi connectivity index (χ3n) is 3.96. The van der Waals surface area contributed by atoms with Gasteiger partial charge in [-0.1, -0.05) is 11.6 Å². The molecule has 0 aliphatic carbocycles. The molecule has 1 fully saturated rings. The van der Waals surface area contributed by atoms with Gasteiger partial charge in [-0.05, 0) is 44.7 Å². The number of nitrogens with zero attached hydrogens (tertiary/aromatic N) is 2. The van der Waals surface area contributed by atoms with E-state index in [1.807, 2.05) is 12.1 Å². The number of piperazine rings is 1. The Morgan fingerprint density at radius 1 is 1.28 bits per heavy atom. The zero-order chi connectivity index (χ0) is 13.3. The van der Waals surface area contributed by atoms with Gasteiger partial charge in [-0.25, -0.2) is 0 Å². The highest BCUT2D eigenvalue weighted by atomic mass is 35.5. The molecule has 2 unspecified atom stereocenters. The molecule has 1 aromatic rings. The molecule has 0 bridgehead atoms. The number of hydrogen-bond acceptors (Lipinski definition) is 3. The number of anilines is 1. The summed E-state index contributed by atoms with van der Waals surface area (Å²) in [4.78, 5) is 4.85. The Morgan fingerprint density at radius 2 is 1.89 bits per heavy atom. The molecule has 1 saturated heterocycles. The van der Waals surface area contributed by atoms with Crippen molar-refractivity contribution in [2.75, 3.05) is 25.0 Å². The minimum absolute atomic E-state index is 0.533. The van der Waals surface area contributed by atoms with Gasteiger partial charge in [0.15, 0.2) is 0 Å². The molecule has 18 heavy (non-hydrogen) atoms. The second kappa shape index (κ2) is 5.47. The van der Waals surface area contributed by atoms with Gasteiger partial charge in [0.2, 0.25) is 0 Å². The molecule has 0 amide bonds. The molecule has 100 valence electrons. The highest BCUT2D eigenvalue weighted by Crippen LogP contribution is 2.27. The van der Waals surface area contributed by atoms with E-state index in [4.69, 9.17) is 17.3 Å². The van der Waals surface area contributed by atoms with Crippen molar-refractivity contribution in [3.05, 3.63) is 28.8 Å². The zero-order valence-corrected chi connectivity index (χ0v) is 12.1. The summed E-state index contributed by atoms with van der Waals surface area (Å²) in [7, 11) is 2.19. The van der Waals surface area contributed by atoms with E-state index in [0.717, 1.165) is 23.7 Å². The van der Waals surface area contributed by atoms with E-state index < -0.39 is 0 Å². The summed E-state index contributed by atoms with van der Waals surface area (Å²) in [6.45, 7) is 7.14. The Morgan fingerprint density at radius 3 is 2.44 bits per heavy atom. The van der Waals surface area contributed by atoms with E-state index in [-0.39, 0.29) is 0 Å². The molecule has 0 aromatic heterocycles. The highest BCUT2D eigenvalue weighted by molar-refractivity contribution is 6.30. The van der Waals surface area contributed by atoms with Crippen molar-refractivity contribution in [3.63, 3.8) is 0 Å². The molecule has 1 aliphatic rings. The molecule has 3 nitrogen and oxygen atoms in total.